The van der Waals surface area contributed by atoms with Crippen molar-refractivity contribution in [2.24, 2.45) is 4.99 Å². The van der Waals surface area contributed by atoms with Gasteiger partial charge in [0, 0.05) is 37.0 Å². The van der Waals surface area contributed by atoms with E-state index < -0.39 is 11.0 Å². The largest absolute Gasteiger partial charge is 0.443 e. The van der Waals surface area contributed by atoms with Gasteiger partial charge < -0.3 is 15.0 Å². The van der Waals surface area contributed by atoms with Crippen LogP contribution in [0.5, 0.6) is 0 Å². The summed E-state index contributed by atoms with van der Waals surface area (Å²) >= 11 is 4.46. The van der Waals surface area contributed by atoms with E-state index in [2.05, 4.69) is 22.9 Å². The summed E-state index contributed by atoms with van der Waals surface area (Å²) in [6.07, 6.45) is 0.00622. The number of nitrogens with one attached hydrogen (secondary N) is 1. The Morgan fingerprint density at radius 1 is 1.30 bits per heavy atom. The maximum Gasteiger partial charge on any atom is 0.435 e. The minimum absolute atomic E-state index is 0.0267. The van der Waals surface area contributed by atoms with E-state index in [0.29, 0.717) is 24.5 Å². The highest BCUT2D eigenvalue weighted by Crippen LogP contribution is 2.23. The number of non-ortho nitro benzene ring substituents is 1. The van der Waals surface area contributed by atoms with Crippen LogP contribution in [0.1, 0.15) is 18.9 Å². The number of thiol groups is 1. The highest BCUT2D eigenvalue weighted by atomic mass is 32.1. The van der Waals surface area contributed by atoms with E-state index in [0.717, 1.165) is 13.0 Å². The fourth-order valence-electron chi connectivity index (χ4n) is 3.58. The second-order valence-corrected chi connectivity index (χ2v) is 8.34. The molecule has 3 rings (SSSR count). The van der Waals surface area contributed by atoms with Crippen molar-refractivity contribution in [3.8, 4) is 0 Å². The minimum atomic E-state index is -0.752. The van der Waals surface area contributed by atoms with Crippen LogP contribution in [0.25, 0.3) is 0 Å². The monoisotopic (exact) mass is 435 g/mol. The van der Waals surface area contributed by atoms with E-state index in [1.165, 1.54) is 24.3 Å². The second kappa shape index (κ2) is 9.43. The predicted octanol–water partition coefficient (Wildman–Crippen LogP) is 1.45. The maximum absolute atomic E-state index is 12.6. The summed E-state index contributed by atoms with van der Waals surface area (Å²) in [7, 11) is 1.94. The van der Waals surface area contributed by atoms with Crippen molar-refractivity contribution in [2.45, 2.75) is 37.3 Å². The van der Waals surface area contributed by atoms with Crippen molar-refractivity contribution in [1.82, 2.24) is 15.1 Å². The smallest absolute Gasteiger partial charge is 0.435 e. The summed E-state index contributed by atoms with van der Waals surface area (Å²) in [6.45, 7) is 3.56. The van der Waals surface area contributed by atoms with Crippen LogP contribution in [0.4, 0.5) is 10.5 Å². The summed E-state index contributed by atoms with van der Waals surface area (Å²) in [5.74, 6) is 0.526. The van der Waals surface area contributed by atoms with Gasteiger partial charge in [0.15, 0.2) is 0 Å². The standard InChI is InChI=1S/C19H25N5O5S/c1-12(21-19(26)29-11-13-3-5-15(6-4-13)24(27)28)20-14-8-23(9-14)18(25)17-7-16(30)10-22(17)2/h3-6,14,16-17,30H,7-11H2,1-2H3,(H,20,21,26)/t16-,17-/m0/s1. The summed E-state index contributed by atoms with van der Waals surface area (Å²) in [5, 5.41) is 14.0. The van der Waals surface area contributed by atoms with E-state index in [1.54, 1.807) is 11.8 Å². The van der Waals surface area contributed by atoms with Crippen LogP contribution in [-0.4, -0.2) is 76.6 Å². The van der Waals surface area contributed by atoms with E-state index >= 15 is 0 Å². The molecule has 10 nitrogen and oxygen atoms in total. The van der Waals surface area contributed by atoms with Gasteiger partial charge in [-0.05, 0) is 38.1 Å². The number of nitro groups is 1. The van der Waals surface area contributed by atoms with Gasteiger partial charge in [-0.1, -0.05) is 0 Å². The van der Waals surface area contributed by atoms with Crippen LogP contribution in [0.2, 0.25) is 0 Å². The topological polar surface area (TPSA) is 117 Å². The van der Waals surface area contributed by atoms with Crippen LogP contribution in [0, 0.1) is 10.1 Å². The van der Waals surface area contributed by atoms with Crippen LogP contribution in [-0.2, 0) is 16.1 Å². The van der Waals surface area contributed by atoms with E-state index in [9.17, 15) is 19.7 Å². The lowest BCUT2D eigenvalue weighted by Gasteiger charge is -2.41. The molecule has 1 aromatic carbocycles. The average molecular weight is 436 g/mol. The summed E-state index contributed by atoms with van der Waals surface area (Å²) in [6, 6.07) is 5.68. The molecule has 2 amide bonds. The first-order chi connectivity index (χ1) is 14.2. The Kier molecular flexibility index (Phi) is 6.93. The zero-order chi connectivity index (χ0) is 21.8. The van der Waals surface area contributed by atoms with Crippen LogP contribution >= 0.6 is 12.6 Å². The van der Waals surface area contributed by atoms with Crippen molar-refractivity contribution in [3.05, 3.63) is 39.9 Å². The number of nitro benzene ring substituents is 1. The number of amides is 2. The van der Waals surface area contributed by atoms with Crippen molar-refractivity contribution in [1.29, 1.82) is 0 Å². The van der Waals surface area contributed by atoms with Crippen molar-refractivity contribution in [2.75, 3.05) is 26.7 Å². The molecule has 0 unspecified atom stereocenters. The Balaban J connectivity index is 1.39. The van der Waals surface area contributed by atoms with Gasteiger partial charge in [-0.25, -0.2) is 4.79 Å². The van der Waals surface area contributed by atoms with Crippen molar-refractivity contribution < 1.29 is 19.2 Å². The van der Waals surface area contributed by atoms with Crippen LogP contribution in [0.15, 0.2) is 29.3 Å². The number of aliphatic imine (C=N–C) groups is 1. The second-order valence-electron chi connectivity index (χ2n) is 7.60. The van der Waals surface area contributed by atoms with E-state index in [-0.39, 0.29) is 35.5 Å². The fraction of sp³-hybridized carbons (Fsp3) is 0.526. The molecule has 0 bridgehead atoms. The van der Waals surface area contributed by atoms with Gasteiger partial charge in [0.2, 0.25) is 5.91 Å². The Morgan fingerprint density at radius 2 is 1.97 bits per heavy atom. The highest BCUT2D eigenvalue weighted by Gasteiger charge is 2.39. The molecular weight excluding hydrogens is 410 g/mol. The third kappa shape index (κ3) is 5.48. The normalized spacial score (nSPS) is 22.5. The first kappa shape index (κ1) is 22.0. The number of likely N-dealkylation sites (tertiary alicyclic amines) is 2. The zero-order valence-electron chi connectivity index (χ0n) is 16.9. The average Bonchev–Trinajstić information content (AvgIpc) is 3.00. The molecular formula is C19H25N5O5S. The molecule has 0 spiro atoms. The SMILES string of the molecule is CC(=NC(=O)OCc1ccc([N+](=O)[O-])cc1)NC1CN(C(=O)[C@@H]2C[C@H](S)CN2C)C1. The highest BCUT2D eigenvalue weighted by molar-refractivity contribution is 7.81. The molecule has 2 aliphatic rings. The molecule has 2 atom stereocenters. The van der Waals surface area contributed by atoms with E-state index in [1.807, 2.05) is 11.9 Å². The predicted molar refractivity (Wildman–Crippen MR) is 114 cm³/mol. The quantitative estimate of drug-likeness (QED) is 0.236. The minimum Gasteiger partial charge on any atom is -0.443 e. The molecule has 11 heteroatoms. The molecule has 2 fully saturated rings. The molecule has 2 saturated heterocycles. The summed E-state index contributed by atoms with van der Waals surface area (Å²) in [4.78, 5) is 42.2. The lowest BCUT2D eigenvalue weighted by molar-refractivity contribution is -0.384. The third-order valence-electron chi connectivity index (χ3n) is 5.19. The molecule has 0 radical (unpaired) electrons. The zero-order valence-corrected chi connectivity index (χ0v) is 17.7. The van der Waals surface area contributed by atoms with Crippen molar-refractivity contribution in [3.63, 3.8) is 0 Å². The number of hydrogen-bond donors (Lipinski definition) is 2. The number of nitrogens with zero attached hydrogens (tertiary/aromatic N) is 4. The molecule has 1 N–H and O–H groups in total. The molecule has 2 aliphatic heterocycles. The van der Waals surface area contributed by atoms with Crippen LogP contribution in [0.3, 0.4) is 0 Å². The Bertz CT molecular complexity index is 840. The first-order valence-electron chi connectivity index (χ1n) is 9.62. The van der Waals surface area contributed by atoms with Crippen molar-refractivity contribution >= 4 is 36.2 Å². The number of carbonyl (C=O) groups is 2. The van der Waals surface area contributed by atoms with Gasteiger partial charge in [-0.3, -0.25) is 19.8 Å². The molecule has 0 aromatic heterocycles. The number of ether oxygens (including phenoxy) is 1. The van der Waals surface area contributed by atoms with Gasteiger partial charge in [0.25, 0.3) is 5.69 Å². The van der Waals surface area contributed by atoms with Crippen LogP contribution < -0.4 is 5.32 Å². The number of carbonyl (C=O) groups excluding carboxylic acids is 2. The Hall–Kier alpha value is -2.66. The van der Waals surface area contributed by atoms with Gasteiger partial charge in [-0.2, -0.15) is 17.6 Å². The summed E-state index contributed by atoms with van der Waals surface area (Å²) < 4.78 is 5.07. The van der Waals surface area contributed by atoms with Gasteiger partial charge in [0.05, 0.1) is 17.0 Å². The lowest BCUT2D eigenvalue weighted by atomic mass is 10.1. The number of likely N-dealkylation sites (N-methyl/N-ethyl adjacent to an activating group) is 1. The third-order valence-corrected chi connectivity index (χ3v) is 5.56. The fourth-order valence-corrected chi connectivity index (χ4v) is 4.03. The number of amidine groups is 1. The van der Waals surface area contributed by atoms with Gasteiger partial charge in [0.1, 0.15) is 12.4 Å². The number of benzene rings is 1. The number of hydrogen-bond acceptors (Lipinski definition) is 7. The molecule has 0 saturated carbocycles. The number of rotatable bonds is 5. The molecule has 1 aromatic rings. The molecule has 162 valence electrons. The Labute approximate surface area is 179 Å². The lowest BCUT2D eigenvalue weighted by Crippen LogP contribution is -2.63. The maximum atomic E-state index is 12.6. The van der Waals surface area contributed by atoms with Gasteiger partial charge in [-0.15, -0.1) is 0 Å². The van der Waals surface area contributed by atoms with E-state index in [4.69, 9.17) is 4.74 Å². The van der Waals surface area contributed by atoms with Gasteiger partial charge >= 0.3 is 6.09 Å². The first-order valence-corrected chi connectivity index (χ1v) is 10.1. The molecule has 0 aliphatic carbocycles. The Morgan fingerprint density at radius 3 is 2.53 bits per heavy atom. The summed E-state index contributed by atoms with van der Waals surface area (Å²) in [5.41, 5.74) is 0.601. The molecule has 30 heavy (non-hydrogen) atoms. The molecule has 2 heterocycles.